The summed E-state index contributed by atoms with van der Waals surface area (Å²) in [5, 5.41) is 12.1. The van der Waals surface area contributed by atoms with Crippen LogP contribution in [0, 0.1) is 0 Å². The normalized spacial score (nSPS) is 18.2. The van der Waals surface area contributed by atoms with Gasteiger partial charge in [-0.15, -0.1) is 11.3 Å². The molecule has 1 atom stereocenters. The number of hydrogen-bond donors (Lipinski definition) is 1. The van der Waals surface area contributed by atoms with Gasteiger partial charge in [0.2, 0.25) is 5.91 Å². The van der Waals surface area contributed by atoms with Gasteiger partial charge in [0.05, 0.1) is 12.5 Å². The highest BCUT2D eigenvalue weighted by atomic mass is 32.2. The summed E-state index contributed by atoms with van der Waals surface area (Å²) in [6.45, 7) is 1.22. The Hall–Kier alpha value is -1.60. The van der Waals surface area contributed by atoms with E-state index < -0.39 is 17.7 Å². The van der Waals surface area contributed by atoms with Crippen LogP contribution in [0.1, 0.15) is 18.2 Å². The van der Waals surface area contributed by atoms with Crippen LogP contribution in [0.5, 0.6) is 0 Å². The minimum Gasteiger partial charge on any atom is -0.509 e. The second-order valence-corrected chi connectivity index (χ2v) is 6.96. The van der Waals surface area contributed by atoms with Crippen molar-refractivity contribution in [2.75, 3.05) is 12.0 Å². The Kier molecular flexibility index (Phi) is 5.42. The van der Waals surface area contributed by atoms with Crippen molar-refractivity contribution in [1.82, 2.24) is 4.90 Å². The number of rotatable bonds is 6. The molecule has 2 amide bonds. The maximum absolute atomic E-state index is 12.5. The molecule has 2 heterocycles. The molecule has 7 heteroatoms. The standard InChI is InChI=1S/C15H17NO4S2/c1-9(17)13-14(19)11(5-7-21-2)16(15(13)20)12(18)8-10-4-3-6-22-10/h3-4,6,11,19H,5,7-8H2,1-2H3. The number of aliphatic hydroxyl groups is 1. The molecule has 1 unspecified atom stereocenters. The van der Waals surface area contributed by atoms with Gasteiger partial charge in [0.15, 0.2) is 5.78 Å². The number of imide groups is 1. The van der Waals surface area contributed by atoms with Crippen LogP contribution in [-0.4, -0.2) is 45.7 Å². The number of amides is 2. The molecule has 1 aromatic rings. The molecule has 0 spiro atoms. The van der Waals surface area contributed by atoms with Gasteiger partial charge >= 0.3 is 0 Å². The van der Waals surface area contributed by atoms with Crippen molar-refractivity contribution in [2.24, 2.45) is 0 Å². The fourth-order valence-corrected chi connectivity index (χ4v) is 3.58. The molecule has 1 aliphatic rings. The highest BCUT2D eigenvalue weighted by Gasteiger charge is 2.44. The average Bonchev–Trinajstić information content (AvgIpc) is 3.02. The Morgan fingerprint density at radius 1 is 1.45 bits per heavy atom. The lowest BCUT2D eigenvalue weighted by molar-refractivity contribution is -0.143. The predicted octanol–water partition coefficient (Wildman–Crippen LogP) is 2.18. The summed E-state index contributed by atoms with van der Waals surface area (Å²) in [5.74, 6) is -1.18. The first-order chi connectivity index (χ1) is 10.5. The van der Waals surface area contributed by atoms with Crippen LogP contribution < -0.4 is 0 Å². The first kappa shape index (κ1) is 16.8. The molecule has 0 saturated carbocycles. The summed E-state index contributed by atoms with van der Waals surface area (Å²) >= 11 is 2.99. The molecule has 1 aliphatic heterocycles. The molecule has 0 aromatic carbocycles. The third-order valence-electron chi connectivity index (χ3n) is 3.44. The molecule has 0 fully saturated rings. The van der Waals surface area contributed by atoms with Crippen LogP contribution in [0.4, 0.5) is 0 Å². The van der Waals surface area contributed by atoms with Crippen LogP contribution in [0.3, 0.4) is 0 Å². The number of thiophene rings is 1. The number of carbonyl (C=O) groups is 3. The minimum atomic E-state index is -0.730. The van der Waals surface area contributed by atoms with E-state index in [1.165, 1.54) is 18.3 Å². The first-order valence-corrected chi connectivity index (χ1v) is 9.06. The summed E-state index contributed by atoms with van der Waals surface area (Å²) in [6.07, 6.45) is 2.44. The van der Waals surface area contributed by atoms with Gasteiger partial charge in [-0.1, -0.05) is 6.07 Å². The molecule has 0 saturated heterocycles. The van der Waals surface area contributed by atoms with Gasteiger partial charge in [-0.25, -0.2) is 0 Å². The lowest BCUT2D eigenvalue weighted by atomic mass is 10.1. The molecule has 1 aromatic heterocycles. The molecule has 0 radical (unpaired) electrons. The SMILES string of the molecule is CSCCC1C(O)=C(C(C)=O)C(=O)N1C(=O)Cc1cccs1. The summed E-state index contributed by atoms with van der Waals surface area (Å²) < 4.78 is 0. The number of carbonyl (C=O) groups excluding carboxylic acids is 3. The highest BCUT2D eigenvalue weighted by molar-refractivity contribution is 7.98. The van der Waals surface area contributed by atoms with Crippen molar-refractivity contribution >= 4 is 40.7 Å². The van der Waals surface area contributed by atoms with E-state index in [4.69, 9.17) is 0 Å². The van der Waals surface area contributed by atoms with Crippen LogP contribution in [0.15, 0.2) is 28.8 Å². The fourth-order valence-electron chi connectivity index (χ4n) is 2.42. The monoisotopic (exact) mass is 339 g/mol. The summed E-state index contributed by atoms with van der Waals surface area (Å²) in [6, 6.07) is 2.92. The summed E-state index contributed by atoms with van der Waals surface area (Å²) in [7, 11) is 0. The van der Waals surface area contributed by atoms with Crippen molar-refractivity contribution in [2.45, 2.75) is 25.8 Å². The highest BCUT2D eigenvalue weighted by Crippen LogP contribution is 2.29. The minimum absolute atomic E-state index is 0.0949. The molecule has 0 aliphatic carbocycles. The van der Waals surface area contributed by atoms with Gasteiger partial charge < -0.3 is 5.11 Å². The lowest BCUT2D eigenvalue weighted by Crippen LogP contribution is -2.42. The smallest absolute Gasteiger partial charge is 0.268 e. The Morgan fingerprint density at radius 3 is 2.73 bits per heavy atom. The van der Waals surface area contributed by atoms with E-state index in [2.05, 4.69) is 0 Å². The third kappa shape index (κ3) is 3.25. The number of thioether (sulfide) groups is 1. The second kappa shape index (κ2) is 7.11. The second-order valence-electron chi connectivity index (χ2n) is 4.94. The average molecular weight is 339 g/mol. The molecule has 0 bridgehead atoms. The van der Waals surface area contributed by atoms with Gasteiger partial charge in [-0.05, 0) is 36.8 Å². The van der Waals surface area contributed by atoms with Gasteiger partial charge in [-0.3, -0.25) is 19.3 Å². The number of nitrogens with zero attached hydrogens (tertiary/aromatic N) is 1. The quantitative estimate of drug-likeness (QED) is 0.804. The Labute approximate surface area is 137 Å². The van der Waals surface area contributed by atoms with Crippen molar-refractivity contribution in [3.63, 3.8) is 0 Å². The van der Waals surface area contributed by atoms with E-state index in [9.17, 15) is 19.5 Å². The van der Waals surface area contributed by atoms with Crippen molar-refractivity contribution < 1.29 is 19.5 Å². The lowest BCUT2D eigenvalue weighted by Gasteiger charge is -2.23. The zero-order valence-corrected chi connectivity index (χ0v) is 14.0. The topological polar surface area (TPSA) is 74.7 Å². The van der Waals surface area contributed by atoms with E-state index in [-0.39, 0.29) is 23.7 Å². The molecule has 118 valence electrons. The van der Waals surface area contributed by atoms with Crippen molar-refractivity contribution in [3.05, 3.63) is 33.7 Å². The van der Waals surface area contributed by atoms with Crippen molar-refractivity contribution in [3.8, 4) is 0 Å². The maximum Gasteiger partial charge on any atom is 0.268 e. The number of ketones is 1. The van der Waals surface area contributed by atoms with Crippen LogP contribution in [0.25, 0.3) is 0 Å². The van der Waals surface area contributed by atoms with Gasteiger partial charge in [0, 0.05) is 4.88 Å². The molecule has 22 heavy (non-hydrogen) atoms. The van der Waals surface area contributed by atoms with E-state index in [1.807, 2.05) is 23.8 Å². The van der Waals surface area contributed by atoms with Crippen molar-refractivity contribution in [1.29, 1.82) is 0 Å². The summed E-state index contributed by atoms with van der Waals surface area (Å²) in [4.78, 5) is 38.3. The van der Waals surface area contributed by atoms with E-state index >= 15 is 0 Å². The molecular formula is C15H17NO4S2. The summed E-state index contributed by atoms with van der Waals surface area (Å²) in [5.41, 5.74) is -0.259. The Morgan fingerprint density at radius 2 is 2.18 bits per heavy atom. The van der Waals surface area contributed by atoms with Crippen LogP contribution in [0.2, 0.25) is 0 Å². The molecule has 5 nitrogen and oxygen atoms in total. The van der Waals surface area contributed by atoms with Crippen LogP contribution >= 0.6 is 23.1 Å². The largest absolute Gasteiger partial charge is 0.509 e. The van der Waals surface area contributed by atoms with Gasteiger partial charge in [0.1, 0.15) is 11.3 Å². The molecular weight excluding hydrogens is 322 g/mol. The van der Waals surface area contributed by atoms with E-state index in [0.717, 1.165) is 9.78 Å². The molecule has 1 N–H and O–H groups in total. The number of aliphatic hydroxyl groups excluding tert-OH is 1. The zero-order valence-electron chi connectivity index (χ0n) is 12.4. The third-order valence-corrected chi connectivity index (χ3v) is 4.96. The van der Waals surface area contributed by atoms with E-state index in [0.29, 0.717) is 12.2 Å². The molecule has 2 rings (SSSR count). The van der Waals surface area contributed by atoms with E-state index in [1.54, 1.807) is 11.8 Å². The van der Waals surface area contributed by atoms with Gasteiger partial charge in [0.25, 0.3) is 5.91 Å². The first-order valence-electron chi connectivity index (χ1n) is 6.79. The Balaban J connectivity index is 2.26. The van der Waals surface area contributed by atoms with Gasteiger partial charge in [-0.2, -0.15) is 11.8 Å². The predicted molar refractivity (Wildman–Crippen MR) is 87.0 cm³/mol. The Bertz CT molecular complexity index is 621. The van der Waals surface area contributed by atoms with Crippen LogP contribution in [-0.2, 0) is 20.8 Å². The number of Topliss-reactive ketones (excluding diaryl/α,β-unsaturated/α-hetero) is 1. The fraction of sp³-hybridized carbons (Fsp3) is 0.400. The number of hydrogen-bond acceptors (Lipinski definition) is 6. The maximum atomic E-state index is 12.5. The zero-order chi connectivity index (χ0) is 16.3.